The molecule has 5 N–H and O–H groups in total. The van der Waals surface area contributed by atoms with Crippen molar-refractivity contribution in [3.05, 3.63) is 47.8 Å². The van der Waals surface area contributed by atoms with Gasteiger partial charge in [-0.3, -0.25) is 15.4 Å². The number of likely N-dealkylation sites (tertiary alicyclic amines) is 1. The van der Waals surface area contributed by atoms with E-state index < -0.39 is 0 Å². The van der Waals surface area contributed by atoms with Crippen molar-refractivity contribution in [3.8, 4) is 11.3 Å². The van der Waals surface area contributed by atoms with Crippen LogP contribution in [0, 0.1) is 5.41 Å². The van der Waals surface area contributed by atoms with Crippen molar-refractivity contribution in [2.75, 3.05) is 19.6 Å². The number of rotatable bonds is 5. The Bertz CT molecular complexity index is 895. The molecule has 1 atom stereocenters. The van der Waals surface area contributed by atoms with Crippen LogP contribution in [0.2, 0.25) is 0 Å². The average molecular weight is 363 g/mol. The summed E-state index contributed by atoms with van der Waals surface area (Å²) in [7, 11) is 0. The molecular formula is C20H25N7. The van der Waals surface area contributed by atoms with Crippen LogP contribution in [0.4, 0.5) is 5.69 Å². The van der Waals surface area contributed by atoms with Gasteiger partial charge in [-0.25, -0.2) is 4.99 Å². The number of benzene rings is 1. The Hall–Kier alpha value is -2.93. The molecule has 3 heterocycles. The van der Waals surface area contributed by atoms with Gasteiger partial charge in [-0.05, 0) is 44.1 Å². The fourth-order valence-electron chi connectivity index (χ4n) is 3.87. The van der Waals surface area contributed by atoms with Crippen molar-refractivity contribution in [2.45, 2.75) is 25.8 Å². The van der Waals surface area contributed by atoms with Crippen molar-refractivity contribution in [1.29, 1.82) is 5.41 Å². The van der Waals surface area contributed by atoms with E-state index in [2.05, 4.69) is 32.3 Å². The summed E-state index contributed by atoms with van der Waals surface area (Å²) in [5, 5.41) is 18.9. The predicted octanol–water partition coefficient (Wildman–Crippen LogP) is 2.40. The lowest BCUT2D eigenvalue weighted by Crippen LogP contribution is -2.37. The number of hydrogen-bond donors (Lipinski definition) is 4. The van der Waals surface area contributed by atoms with Gasteiger partial charge in [0.1, 0.15) is 5.84 Å². The van der Waals surface area contributed by atoms with Crippen molar-refractivity contribution in [1.82, 2.24) is 20.4 Å². The number of nitrogens with two attached hydrogens (primary N) is 1. The van der Waals surface area contributed by atoms with E-state index in [0.717, 1.165) is 35.6 Å². The van der Waals surface area contributed by atoms with Crippen LogP contribution in [-0.2, 0) is 0 Å². The van der Waals surface area contributed by atoms with E-state index in [-0.39, 0.29) is 0 Å². The standard InChI is InChI=1S/C20H25N7/c1-2-27-9-3-4-14(27)11-23-12-16-19(21)15-6-5-13(17-7-8-24-26-17)10-18(15)25-20(16)22/h5-8,10,12,14,21,23H,2-4,9,11H2,1H3,(H2,22,25)(H,24,26)/b16-12+,21-19?. The smallest absolute Gasteiger partial charge is 0.135 e. The second-order valence-corrected chi connectivity index (χ2v) is 6.97. The van der Waals surface area contributed by atoms with Gasteiger partial charge in [-0.2, -0.15) is 5.10 Å². The molecule has 1 fully saturated rings. The van der Waals surface area contributed by atoms with Crippen LogP contribution in [0.5, 0.6) is 0 Å². The van der Waals surface area contributed by atoms with E-state index in [9.17, 15) is 0 Å². The highest BCUT2D eigenvalue weighted by molar-refractivity contribution is 6.32. The zero-order chi connectivity index (χ0) is 18.8. The molecular weight excluding hydrogens is 338 g/mol. The first-order valence-corrected chi connectivity index (χ1v) is 9.42. The SMILES string of the molecule is CCN1CCCC1CN/C=C1\C(=N)c2ccc(-c3ccn[nH]3)cc2N=C1N. The Morgan fingerprint density at radius 2 is 2.30 bits per heavy atom. The van der Waals surface area contributed by atoms with Crippen molar-refractivity contribution in [2.24, 2.45) is 10.7 Å². The molecule has 2 aliphatic heterocycles. The summed E-state index contributed by atoms with van der Waals surface area (Å²) in [5.74, 6) is 0.375. The van der Waals surface area contributed by atoms with E-state index in [1.807, 2.05) is 30.5 Å². The number of H-pyrrole nitrogens is 1. The van der Waals surface area contributed by atoms with Gasteiger partial charge in [0.25, 0.3) is 0 Å². The highest BCUT2D eigenvalue weighted by atomic mass is 15.2. The largest absolute Gasteiger partial charge is 0.389 e. The molecule has 0 bridgehead atoms. The van der Waals surface area contributed by atoms with E-state index in [1.54, 1.807) is 6.20 Å². The Balaban J connectivity index is 1.52. The van der Waals surface area contributed by atoms with Crippen molar-refractivity contribution < 1.29 is 0 Å². The third-order valence-corrected chi connectivity index (χ3v) is 5.37. The quantitative estimate of drug-likeness (QED) is 0.654. The minimum absolute atomic E-state index is 0.375. The van der Waals surface area contributed by atoms with Crippen LogP contribution < -0.4 is 11.1 Å². The molecule has 1 unspecified atom stereocenters. The lowest BCUT2D eigenvalue weighted by atomic mass is 9.95. The first-order chi connectivity index (χ1) is 13.2. The van der Waals surface area contributed by atoms with Gasteiger partial charge < -0.3 is 11.1 Å². The number of nitrogens with zero attached hydrogens (tertiary/aromatic N) is 3. The van der Waals surface area contributed by atoms with Gasteiger partial charge in [0.15, 0.2) is 0 Å². The molecule has 4 rings (SSSR count). The fraction of sp³-hybridized carbons (Fsp3) is 0.350. The summed E-state index contributed by atoms with van der Waals surface area (Å²) in [5.41, 5.74) is 10.6. The molecule has 7 nitrogen and oxygen atoms in total. The maximum atomic E-state index is 8.57. The highest BCUT2D eigenvalue weighted by Gasteiger charge is 2.24. The first kappa shape index (κ1) is 17.5. The molecule has 0 amide bonds. The van der Waals surface area contributed by atoms with Crippen LogP contribution in [0.25, 0.3) is 11.3 Å². The molecule has 0 spiro atoms. The van der Waals surface area contributed by atoms with Gasteiger partial charge in [0, 0.05) is 36.1 Å². The third-order valence-electron chi connectivity index (χ3n) is 5.37. The van der Waals surface area contributed by atoms with E-state index >= 15 is 0 Å². The molecule has 0 saturated carbocycles. The number of fused-ring (bicyclic) bond motifs is 1. The number of amidine groups is 1. The van der Waals surface area contributed by atoms with Gasteiger partial charge in [0.05, 0.1) is 22.7 Å². The maximum Gasteiger partial charge on any atom is 0.135 e. The van der Waals surface area contributed by atoms with E-state index in [0.29, 0.717) is 23.2 Å². The molecule has 1 saturated heterocycles. The minimum Gasteiger partial charge on any atom is -0.389 e. The Morgan fingerprint density at radius 1 is 1.41 bits per heavy atom. The molecule has 7 heteroatoms. The first-order valence-electron chi connectivity index (χ1n) is 9.42. The van der Waals surface area contributed by atoms with Crippen LogP contribution >= 0.6 is 0 Å². The zero-order valence-electron chi connectivity index (χ0n) is 15.5. The molecule has 2 aromatic rings. The maximum absolute atomic E-state index is 8.57. The Kier molecular flexibility index (Phi) is 4.77. The van der Waals surface area contributed by atoms with Crippen LogP contribution in [0.15, 0.2) is 47.2 Å². The monoisotopic (exact) mass is 363 g/mol. The van der Waals surface area contributed by atoms with Gasteiger partial charge >= 0.3 is 0 Å². The molecule has 1 aromatic carbocycles. The third kappa shape index (κ3) is 3.38. The second-order valence-electron chi connectivity index (χ2n) is 6.97. The van der Waals surface area contributed by atoms with Crippen LogP contribution in [-0.4, -0.2) is 52.3 Å². The molecule has 140 valence electrons. The summed E-state index contributed by atoms with van der Waals surface area (Å²) in [6.45, 7) is 5.31. The summed E-state index contributed by atoms with van der Waals surface area (Å²) >= 11 is 0. The summed E-state index contributed by atoms with van der Waals surface area (Å²) in [6, 6.07) is 8.29. The second kappa shape index (κ2) is 7.36. The number of aromatic nitrogens is 2. The van der Waals surface area contributed by atoms with Crippen molar-refractivity contribution in [3.63, 3.8) is 0 Å². The summed E-state index contributed by atoms with van der Waals surface area (Å²) < 4.78 is 0. The zero-order valence-corrected chi connectivity index (χ0v) is 15.5. The molecule has 0 radical (unpaired) electrons. The molecule has 1 aromatic heterocycles. The van der Waals surface area contributed by atoms with Crippen LogP contribution in [0.3, 0.4) is 0 Å². The van der Waals surface area contributed by atoms with Crippen LogP contribution in [0.1, 0.15) is 25.3 Å². The van der Waals surface area contributed by atoms with Gasteiger partial charge in [-0.1, -0.05) is 13.0 Å². The number of nitrogens with one attached hydrogen (secondary N) is 3. The Morgan fingerprint density at radius 3 is 3.07 bits per heavy atom. The summed E-state index contributed by atoms with van der Waals surface area (Å²) in [6.07, 6.45) is 6.02. The van der Waals surface area contributed by atoms with Crippen molar-refractivity contribution >= 4 is 17.2 Å². The predicted molar refractivity (Wildman–Crippen MR) is 108 cm³/mol. The fourth-order valence-corrected chi connectivity index (χ4v) is 3.87. The lowest BCUT2D eigenvalue weighted by Gasteiger charge is -2.23. The highest BCUT2D eigenvalue weighted by Crippen LogP contribution is 2.31. The van der Waals surface area contributed by atoms with E-state index in [1.165, 1.54) is 19.4 Å². The molecule has 0 aliphatic carbocycles. The minimum atomic E-state index is 0.375. The van der Waals surface area contributed by atoms with E-state index in [4.69, 9.17) is 11.1 Å². The molecule has 27 heavy (non-hydrogen) atoms. The Labute approximate surface area is 158 Å². The number of hydrogen-bond acceptors (Lipinski definition) is 6. The normalized spacial score (nSPS) is 21.4. The topological polar surface area (TPSA) is 106 Å². The molecule has 2 aliphatic rings. The summed E-state index contributed by atoms with van der Waals surface area (Å²) in [4.78, 5) is 7.02. The van der Waals surface area contributed by atoms with Gasteiger partial charge in [-0.15, -0.1) is 0 Å². The average Bonchev–Trinajstić information content (AvgIpc) is 3.35. The number of aromatic amines is 1. The van der Waals surface area contributed by atoms with Gasteiger partial charge in [0.2, 0.25) is 0 Å². The number of likely N-dealkylation sites (N-methyl/N-ethyl adjacent to an activating group) is 1. The lowest BCUT2D eigenvalue weighted by molar-refractivity contribution is 0.265. The number of aliphatic imine (C=N–C) groups is 1.